The summed E-state index contributed by atoms with van der Waals surface area (Å²) in [7, 11) is 0. The van der Waals surface area contributed by atoms with Crippen LogP contribution in [0.1, 0.15) is 10.4 Å². The Hall–Kier alpha value is -4.93. The maximum Gasteiger partial charge on any atom is 0.280 e. The lowest BCUT2D eigenvalue weighted by Crippen LogP contribution is -2.49. The number of anilines is 1. The Balaban J connectivity index is 1.41. The minimum absolute atomic E-state index is 0.0781. The first kappa shape index (κ1) is 22.5. The summed E-state index contributed by atoms with van der Waals surface area (Å²) in [6, 6.07) is 19.4. The molecule has 3 heterocycles. The van der Waals surface area contributed by atoms with Crippen molar-refractivity contribution in [2.75, 3.05) is 31.1 Å². The summed E-state index contributed by atoms with van der Waals surface area (Å²) in [5.74, 6) is 0.304. The number of nitrogens with zero attached hydrogens (tertiary/aromatic N) is 7. The number of amides is 1. The number of nitro groups is 1. The molecule has 1 aliphatic heterocycles. The molecule has 0 aliphatic carbocycles. The number of hydrogen-bond donors (Lipinski definition) is 0. The molecule has 184 valence electrons. The second-order valence-electron chi connectivity index (χ2n) is 8.67. The fourth-order valence-electron chi connectivity index (χ4n) is 4.66. The van der Waals surface area contributed by atoms with Gasteiger partial charge in [0, 0.05) is 43.2 Å². The Morgan fingerprint density at radius 1 is 0.892 bits per heavy atom. The molecule has 0 N–H and O–H groups in total. The van der Waals surface area contributed by atoms with Crippen LogP contribution in [0.15, 0.2) is 72.8 Å². The summed E-state index contributed by atoms with van der Waals surface area (Å²) in [4.78, 5) is 32.9. The Bertz CT molecular complexity index is 1660. The number of hydrogen-bond acceptors (Lipinski definition) is 7. The van der Waals surface area contributed by atoms with Gasteiger partial charge < -0.3 is 9.80 Å². The summed E-state index contributed by atoms with van der Waals surface area (Å²) in [6.45, 7) is 1.80. The van der Waals surface area contributed by atoms with Gasteiger partial charge in [-0.1, -0.05) is 24.3 Å². The molecule has 1 saturated heterocycles. The van der Waals surface area contributed by atoms with Gasteiger partial charge in [0.1, 0.15) is 5.82 Å². The molecule has 0 unspecified atom stereocenters. The smallest absolute Gasteiger partial charge is 0.280 e. The molecule has 11 heteroatoms. The quantitative estimate of drug-likeness (QED) is 0.273. The fourth-order valence-corrected chi connectivity index (χ4v) is 4.66. The van der Waals surface area contributed by atoms with Crippen molar-refractivity contribution in [3.8, 4) is 11.4 Å². The Morgan fingerprint density at radius 3 is 2.35 bits per heavy atom. The number of halogens is 1. The van der Waals surface area contributed by atoms with E-state index in [1.807, 2.05) is 29.2 Å². The molecule has 0 radical (unpaired) electrons. The number of carbonyl (C=O) groups excluding carboxylic acids is 1. The van der Waals surface area contributed by atoms with Crippen molar-refractivity contribution in [3.05, 3.63) is 94.3 Å². The van der Waals surface area contributed by atoms with E-state index < -0.39 is 10.7 Å². The number of piperazine rings is 1. The standard InChI is InChI=1S/C26H20FN7O3/c27-18-11-9-17(10-12-18)25(35)31-13-15-32(16-14-31)26-28-21-7-3-1-5-19(21)23-29-30-24(33(23)26)20-6-2-4-8-22(20)34(36)37/h1-12H,13-16H2. The van der Waals surface area contributed by atoms with Crippen LogP contribution in [-0.2, 0) is 0 Å². The van der Waals surface area contributed by atoms with Crippen molar-refractivity contribution < 1.29 is 14.1 Å². The molecule has 1 fully saturated rings. The zero-order chi connectivity index (χ0) is 25.5. The third kappa shape index (κ3) is 3.90. The molecular formula is C26H20FN7O3. The molecule has 0 atom stereocenters. The molecule has 6 rings (SSSR count). The average Bonchev–Trinajstić information content (AvgIpc) is 3.38. The minimum atomic E-state index is -0.440. The molecule has 3 aromatic carbocycles. The van der Waals surface area contributed by atoms with Gasteiger partial charge in [-0.05, 0) is 42.5 Å². The maximum atomic E-state index is 13.3. The van der Waals surface area contributed by atoms with E-state index in [0.29, 0.717) is 54.7 Å². The van der Waals surface area contributed by atoms with Crippen LogP contribution < -0.4 is 4.90 Å². The summed E-state index contributed by atoms with van der Waals surface area (Å²) in [5, 5.41) is 21.3. The highest BCUT2D eigenvalue weighted by Crippen LogP contribution is 2.33. The van der Waals surface area contributed by atoms with Crippen LogP contribution in [0, 0.1) is 15.9 Å². The topological polar surface area (TPSA) is 110 Å². The van der Waals surface area contributed by atoms with Gasteiger partial charge in [0.2, 0.25) is 5.95 Å². The molecule has 0 spiro atoms. The van der Waals surface area contributed by atoms with Gasteiger partial charge in [-0.15, -0.1) is 10.2 Å². The molecule has 0 saturated carbocycles. The lowest BCUT2D eigenvalue weighted by Gasteiger charge is -2.35. The molecule has 0 bridgehead atoms. The second kappa shape index (κ2) is 8.94. The number of carbonyl (C=O) groups is 1. The monoisotopic (exact) mass is 497 g/mol. The Kier molecular flexibility index (Phi) is 5.44. The van der Waals surface area contributed by atoms with Gasteiger partial charge in [0.25, 0.3) is 11.6 Å². The first-order valence-corrected chi connectivity index (χ1v) is 11.7. The van der Waals surface area contributed by atoms with Crippen molar-refractivity contribution in [1.29, 1.82) is 0 Å². The van der Waals surface area contributed by atoms with Crippen LogP contribution in [0.5, 0.6) is 0 Å². The maximum absolute atomic E-state index is 13.3. The van der Waals surface area contributed by atoms with E-state index in [0.717, 1.165) is 10.9 Å². The summed E-state index contributed by atoms with van der Waals surface area (Å²) < 4.78 is 15.0. The number of fused-ring (bicyclic) bond motifs is 3. The van der Waals surface area contributed by atoms with Gasteiger partial charge >= 0.3 is 0 Å². The molecule has 2 aromatic heterocycles. The van der Waals surface area contributed by atoms with E-state index in [9.17, 15) is 19.3 Å². The van der Waals surface area contributed by atoms with Crippen LogP contribution in [0.2, 0.25) is 0 Å². The lowest BCUT2D eigenvalue weighted by molar-refractivity contribution is -0.384. The number of rotatable bonds is 4. The highest BCUT2D eigenvalue weighted by atomic mass is 19.1. The van der Waals surface area contributed by atoms with Crippen LogP contribution in [0.4, 0.5) is 16.0 Å². The minimum Gasteiger partial charge on any atom is -0.338 e. The largest absolute Gasteiger partial charge is 0.338 e. The van der Waals surface area contributed by atoms with Crippen molar-refractivity contribution in [2.45, 2.75) is 0 Å². The van der Waals surface area contributed by atoms with Crippen LogP contribution in [0.3, 0.4) is 0 Å². The second-order valence-corrected chi connectivity index (χ2v) is 8.67. The van der Waals surface area contributed by atoms with E-state index in [1.165, 1.54) is 30.3 Å². The lowest BCUT2D eigenvalue weighted by atomic mass is 10.1. The molecule has 1 aliphatic rings. The molecule has 10 nitrogen and oxygen atoms in total. The van der Waals surface area contributed by atoms with Crippen LogP contribution in [0.25, 0.3) is 27.9 Å². The van der Waals surface area contributed by atoms with Crippen molar-refractivity contribution in [3.63, 3.8) is 0 Å². The van der Waals surface area contributed by atoms with E-state index in [-0.39, 0.29) is 11.6 Å². The normalized spacial score (nSPS) is 13.9. The summed E-state index contributed by atoms with van der Waals surface area (Å²) in [5.41, 5.74) is 1.95. The van der Waals surface area contributed by atoms with Crippen LogP contribution >= 0.6 is 0 Å². The number of benzene rings is 3. The third-order valence-corrected chi connectivity index (χ3v) is 6.51. The predicted octanol–water partition coefficient (Wildman–Crippen LogP) is 3.95. The van der Waals surface area contributed by atoms with E-state index in [1.54, 1.807) is 27.5 Å². The van der Waals surface area contributed by atoms with Gasteiger partial charge in [-0.25, -0.2) is 13.8 Å². The molecule has 1 amide bonds. The number of aromatic nitrogens is 4. The highest BCUT2D eigenvalue weighted by molar-refractivity contribution is 5.95. The van der Waals surface area contributed by atoms with Crippen molar-refractivity contribution >= 4 is 34.1 Å². The molecule has 37 heavy (non-hydrogen) atoms. The average molecular weight is 497 g/mol. The summed E-state index contributed by atoms with van der Waals surface area (Å²) >= 11 is 0. The van der Waals surface area contributed by atoms with E-state index >= 15 is 0 Å². The zero-order valence-corrected chi connectivity index (χ0v) is 19.5. The van der Waals surface area contributed by atoms with Gasteiger partial charge in [-0.3, -0.25) is 14.9 Å². The first-order valence-electron chi connectivity index (χ1n) is 11.7. The Morgan fingerprint density at radius 2 is 1.59 bits per heavy atom. The Labute approximate surface area is 209 Å². The molecule has 5 aromatic rings. The number of nitro benzene ring substituents is 1. The fraction of sp³-hybridized carbons (Fsp3) is 0.154. The van der Waals surface area contributed by atoms with E-state index in [2.05, 4.69) is 10.2 Å². The third-order valence-electron chi connectivity index (χ3n) is 6.51. The van der Waals surface area contributed by atoms with E-state index in [4.69, 9.17) is 4.98 Å². The number of para-hydroxylation sites is 2. The van der Waals surface area contributed by atoms with Gasteiger partial charge in [-0.2, -0.15) is 0 Å². The predicted molar refractivity (Wildman–Crippen MR) is 135 cm³/mol. The first-order chi connectivity index (χ1) is 18.0. The van der Waals surface area contributed by atoms with Crippen molar-refractivity contribution in [2.24, 2.45) is 0 Å². The van der Waals surface area contributed by atoms with Gasteiger partial charge in [0.15, 0.2) is 11.5 Å². The SMILES string of the molecule is O=C(c1ccc(F)cc1)N1CCN(c2nc3ccccc3c3nnc(-c4ccccc4[N+](=O)[O-])n23)CC1. The molecular weight excluding hydrogens is 477 g/mol. The van der Waals surface area contributed by atoms with Gasteiger partial charge in [0.05, 0.1) is 16.0 Å². The summed E-state index contributed by atoms with van der Waals surface area (Å²) in [6.07, 6.45) is 0. The highest BCUT2D eigenvalue weighted by Gasteiger charge is 2.28. The van der Waals surface area contributed by atoms with Crippen molar-refractivity contribution in [1.82, 2.24) is 24.5 Å². The van der Waals surface area contributed by atoms with Crippen LogP contribution in [-0.4, -0.2) is 61.5 Å². The zero-order valence-electron chi connectivity index (χ0n) is 19.5.